The minimum Gasteiger partial charge on any atom is -0.494 e. The standard InChI is InChI=1S/C26H24Cl2N2O4S/c1-5-33-19-10-7-16(8-11-19)23-22(25(32)34-14(2)3)15(4)29-26-30(23)24(31)21(35-26)12-17-6-9-18(27)13-20(17)28/h6-14,23H,5H2,1-4H3/b21-12+/t23-/m1/s1. The summed E-state index contributed by atoms with van der Waals surface area (Å²) in [4.78, 5) is 31.9. The highest BCUT2D eigenvalue weighted by Crippen LogP contribution is 2.32. The molecule has 0 saturated heterocycles. The van der Waals surface area contributed by atoms with E-state index in [2.05, 4.69) is 4.99 Å². The van der Waals surface area contributed by atoms with E-state index < -0.39 is 12.0 Å². The highest BCUT2D eigenvalue weighted by molar-refractivity contribution is 7.07. The molecule has 1 aliphatic heterocycles. The second-order valence-electron chi connectivity index (χ2n) is 8.20. The molecule has 2 aromatic carbocycles. The summed E-state index contributed by atoms with van der Waals surface area (Å²) in [5, 5.41) is 0.942. The van der Waals surface area contributed by atoms with Crippen LogP contribution in [0.3, 0.4) is 0 Å². The fraction of sp³-hybridized carbons (Fsp3) is 0.269. The smallest absolute Gasteiger partial charge is 0.338 e. The van der Waals surface area contributed by atoms with E-state index in [0.29, 0.717) is 48.6 Å². The second-order valence-corrected chi connectivity index (χ2v) is 10.1. The fourth-order valence-electron chi connectivity index (χ4n) is 3.85. The zero-order valence-electron chi connectivity index (χ0n) is 19.7. The number of esters is 1. The first-order valence-electron chi connectivity index (χ1n) is 11.1. The number of benzene rings is 2. The van der Waals surface area contributed by atoms with Crippen molar-refractivity contribution in [2.75, 3.05) is 6.61 Å². The van der Waals surface area contributed by atoms with Crippen LogP contribution in [0.5, 0.6) is 5.75 Å². The van der Waals surface area contributed by atoms with E-state index in [9.17, 15) is 9.59 Å². The molecule has 4 rings (SSSR count). The van der Waals surface area contributed by atoms with Crippen molar-refractivity contribution in [3.05, 3.63) is 94.6 Å². The largest absolute Gasteiger partial charge is 0.494 e. The third-order valence-corrected chi connectivity index (χ3v) is 6.89. The maximum atomic E-state index is 13.7. The van der Waals surface area contributed by atoms with Gasteiger partial charge >= 0.3 is 5.97 Å². The van der Waals surface area contributed by atoms with E-state index in [1.54, 1.807) is 49.6 Å². The van der Waals surface area contributed by atoms with Crippen LogP contribution in [0.4, 0.5) is 0 Å². The summed E-state index contributed by atoms with van der Waals surface area (Å²) in [5.74, 6) is 0.197. The molecule has 0 aliphatic carbocycles. The summed E-state index contributed by atoms with van der Waals surface area (Å²) in [6, 6.07) is 11.7. The van der Waals surface area contributed by atoms with Gasteiger partial charge in [0.25, 0.3) is 5.56 Å². The minimum atomic E-state index is -0.698. The average molecular weight is 531 g/mol. The number of carbonyl (C=O) groups is 1. The van der Waals surface area contributed by atoms with E-state index in [4.69, 9.17) is 32.7 Å². The van der Waals surface area contributed by atoms with Crippen LogP contribution in [-0.2, 0) is 9.53 Å². The molecule has 0 bridgehead atoms. The third-order valence-electron chi connectivity index (χ3n) is 5.34. The molecule has 9 heteroatoms. The molecule has 0 radical (unpaired) electrons. The molecule has 0 N–H and O–H groups in total. The third kappa shape index (κ3) is 5.22. The van der Waals surface area contributed by atoms with Gasteiger partial charge in [-0.1, -0.05) is 52.7 Å². The van der Waals surface area contributed by atoms with Crippen molar-refractivity contribution in [3.8, 4) is 5.75 Å². The number of fused-ring (bicyclic) bond motifs is 1. The summed E-state index contributed by atoms with van der Waals surface area (Å²) < 4.78 is 13.1. The van der Waals surface area contributed by atoms with Crippen LogP contribution in [-0.4, -0.2) is 23.2 Å². The van der Waals surface area contributed by atoms with E-state index in [1.165, 1.54) is 11.3 Å². The Morgan fingerprint density at radius 1 is 1.20 bits per heavy atom. The average Bonchev–Trinajstić information content (AvgIpc) is 3.09. The quantitative estimate of drug-likeness (QED) is 0.425. The molecular weight excluding hydrogens is 507 g/mol. The molecular formula is C26H24Cl2N2O4S. The summed E-state index contributed by atoms with van der Waals surface area (Å²) in [5.41, 5.74) is 1.96. The van der Waals surface area contributed by atoms with Gasteiger partial charge in [-0.2, -0.15) is 0 Å². The van der Waals surface area contributed by atoms with Crippen LogP contribution in [0.15, 0.2) is 63.5 Å². The van der Waals surface area contributed by atoms with Crippen molar-refractivity contribution < 1.29 is 14.3 Å². The fourth-order valence-corrected chi connectivity index (χ4v) is 5.35. The summed E-state index contributed by atoms with van der Waals surface area (Å²) >= 11 is 13.6. The lowest BCUT2D eigenvalue weighted by molar-refractivity contribution is -0.143. The molecule has 3 aromatic rings. The number of allylic oxidation sites excluding steroid dienone is 1. The highest BCUT2D eigenvalue weighted by atomic mass is 35.5. The van der Waals surface area contributed by atoms with Crippen LogP contribution in [0.2, 0.25) is 10.0 Å². The number of hydrogen-bond acceptors (Lipinski definition) is 6. The lowest BCUT2D eigenvalue weighted by Crippen LogP contribution is -2.40. The molecule has 35 heavy (non-hydrogen) atoms. The Labute approximate surface area is 216 Å². The Morgan fingerprint density at radius 2 is 1.91 bits per heavy atom. The van der Waals surface area contributed by atoms with Gasteiger partial charge in [0.1, 0.15) is 5.75 Å². The Hall–Kier alpha value is -2.87. The van der Waals surface area contributed by atoms with E-state index in [-0.39, 0.29) is 11.7 Å². The predicted molar refractivity (Wildman–Crippen MR) is 139 cm³/mol. The second kappa shape index (κ2) is 10.4. The first kappa shape index (κ1) is 25.2. The Morgan fingerprint density at radius 3 is 2.54 bits per heavy atom. The van der Waals surface area contributed by atoms with Gasteiger partial charge in [-0.05, 0) is 69.2 Å². The number of aromatic nitrogens is 1. The van der Waals surface area contributed by atoms with E-state index in [0.717, 1.165) is 5.56 Å². The first-order valence-corrected chi connectivity index (χ1v) is 12.7. The lowest BCUT2D eigenvalue weighted by Gasteiger charge is -2.25. The SMILES string of the molecule is CCOc1ccc([C@@H]2C(C(=O)OC(C)C)=C(C)N=c3s/c(=C/c4ccc(Cl)cc4Cl)c(=O)n32)cc1. The van der Waals surface area contributed by atoms with Gasteiger partial charge in [0.2, 0.25) is 0 Å². The summed E-state index contributed by atoms with van der Waals surface area (Å²) in [6.07, 6.45) is 1.39. The number of carbonyl (C=O) groups excluding carboxylic acids is 1. The number of halogens is 2. The van der Waals surface area contributed by atoms with Crippen LogP contribution >= 0.6 is 34.5 Å². The normalized spacial score (nSPS) is 15.7. The summed E-state index contributed by atoms with van der Waals surface area (Å²) in [7, 11) is 0. The van der Waals surface area contributed by atoms with Gasteiger partial charge in [0, 0.05) is 10.0 Å². The molecule has 0 spiro atoms. The van der Waals surface area contributed by atoms with Crippen molar-refractivity contribution in [3.63, 3.8) is 0 Å². The monoisotopic (exact) mass is 530 g/mol. The molecule has 6 nitrogen and oxygen atoms in total. The summed E-state index contributed by atoms with van der Waals surface area (Å²) in [6.45, 7) is 7.76. The molecule has 182 valence electrons. The zero-order valence-corrected chi connectivity index (χ0v) is 22.0. The van der Waals surface area contributed by atoms with Gasteiger partial charge in [0.15, 0.2) is 4.80 Å². The van der Waals surface area contributed by atoms with Crippen LogP contribution in [0.25, 0.3) is 6.08 Å². The van der Waals surface area contributed by atoms with Crippen LogP contribution in [0.1, 0.15) is 44.9 Å². The highest BCUT2D eigenvalue weighted by Gasteiger charge is 2.33. The van der Waals surface area contributed by atoms with Crippen molar-refractivity contribution in [2.24, 2.45) is 4.99 Å². The maximum absolute atomic E-state index is 13.7. The zero-order chi connectivity index (χ0) is 25.3. The minimum absolute atomic E-state index is 0.277. The maximum Gasteiger partial charge on any atom is 0.338 e. The van der Waals surface area contributed by atoms with Gasteiger partial charge in [-0.3, -0.25) is 9.36 Å². The van der Waals surface area contributed by atoms with Crippen molar-refractivity contribution in [2.45, 2.75) is 39.8 Å². The Balaban J connectivity index is 1.92. The van der Waals surface area contributed by atoms with Crippen molar-refractivity contribution in [1.82, 2.24) is 4.57 Å². The molecule has 0 fully saturated rings. The predicted octanol–water partition coefficient (Wildman–Crippen LogP) is 4.89. The van der Waals surface area contributed by atoms with Gasteiger partial charge in [-0.15, -0.1) is 0 Å². The molecule has 1 aromatic heterocycles. The van der Waals surface area contributed by atoms with Crippen molar-refractivity contribution in [1.29, 1.82) is 0 Å². The Kier molecular flexibility index (Phi) is 7.50. The first-order chi connectivity index (χ1) is 16.7. The number of nitrogens with zero attached hydrogens (tertiary/aromatic N) is 2. The molecule has 1 atom stereocenters. The van der Waals surface area contributed by atoms with Crippen LogP contribution in [0, 0.1) is 0 Å². The molecule has 0 unspecified atom stereocenters. The van der Waals surface area contributed by atoms with E-state index in [1.807, 2.05) is 31.2 Å². The topological polar surface area (TPSA) is 69.9 Å². The van der Waals surface area contributed by atoms with Gasteiger partial charge < -0.3 is 9.47 Å². The lowest BCUT2D eigenvalue weighted by atomic mass is 9.96. The number of hydrogen-bond donors (Lipinski definition) is 0. The van der Waals surface area contributed by atoms with Crippen LogP contribution < -0.4 is 19.6 Å². The van der Waals surface area contributed by atoms with E-state index >= 15 is 0 Å². The van der Waals surface area contributed by atoms with Gasteiger partial charge in [0.05, 0.1) is 34.6 Å². The molecule has 1 aliphatic rings. The number of rotatable bonds is 6. The van der Waals surface area contributed by atoms with Crippen molar-refractivity contribution >= 4 is 46.6 Å². The number of thiazole rings is 1. The molecule has 0 amide bonds. The molecule has 0 saturated carbocycles. The number of ether oxygens (including phenoxy) is 2. The van der Waals surface area contributed by atoms with Gasteiger partial charge in [-0.25, -0.2) is 9.79 Å². The molecule has 2 heterocycles. The Bertz CT molecular complexity index is 1490.